The zero-order valence-corrected chi connectivity index (χ0v) is 9.88. The molecule has 0 aromatic heterocycles. The number of hydrazone groups is 1. The van der Waals surface area contributed by atoms with Crippen molar-refractivity contribution < 1.29 is 9.53 Å². The summed E-state index contributed by atoms with van der Waals surface area (Å²) in [6.07, 6.45) is 1.48. The molecule has 1 aliphatic rings. The van der Waals surface area contributed by atoms with E-state index in [4.69, 9.17) is 4.74 Å². The number of amides is 1. The first kappa shape index (κ1) is 11.4. The van der Waals surface area contributed by atoms with Crippen molar-refractivity contribution in [3.63, 3.8) is 0 Å². The van der Waals surface area contributed by atoms with E-state index in [2.05, 4.69) is 5.10 Å². The molecule has 0 bridgehead atoms. The summed E-state index contributed by atoms with van der Waals surface area (Å²) in [6.45, 7) is 4.21. The van der Waals surface area contributed by atoms with Crippen molar-refractivity contribution in [2.75, 3.05) is 11.6 Å². The van der Waals surface area contributed by atoms with Crippen molar-refractivity contribution in [1.82, 2.24) is 0 Å². The average molecular weight is 230 g/mol. The van der Waals surface area contributed by atoms with Crippen LogP contribution in [0, 0.1) is 0 Å². The number of ether oxygens (including phenoxy) is 1. The van der Waals surface area contributed by atoms with Crippen LogP contribution in [-0.4, -0.2) is 18.2 Å². The van der Waals surface area contributed by atoms with Crippen molar-refractivity contribution in [2.45, 2.75) is 13.8 Å². The van der Waals surface area contributed by atoms with Crippen molar-refractivity contribution in [1.29, 1.82) is 0 Å². The highest BCUT2D eigenvalue weighted by atomic mass is 16.5. The Balaban J connectivity index is 2.28. The normalized spacial score (nSPS) is 17.5. The predicted octanol–water partition coefficient (Wildman–Crippen LogP) is 2.33. The molecule has 4 nitrogen and oxygen atoms in total. The fourth-order valence-corrected chi connectivity index (χ4v) is 1.56. The van der Waals surface area contributed by atoms with Gasteiger partial charge in [0.25, 0.3) is 5.91 Å². The van der Waals surface area contributed by atoms with Gasteiger partial charge in [-0.15, -0.1) is 0 Å². The molecule has 0 saturated heterocycles. The van der Waals surface area contributed by atoms with Crippen molar-refractivity contribution >= 4 is 17.3 Å². The van der Waals surface area contributed by atoms with E-state index in [0.29, 0.717) is 17.9 Å². The van der Waals surface area contributed by atoms with Crippen LogP contribution >= 0.6 is 0 Å². The topological polar surface area (TPSA) is 41.9 Å². The summed E-state index contributed by atoms with van der Waals surface area (Å²) < 4.78 is 5.15. The standard InChI is InChI=1S/C13H14N2O2/c1-3-17-9-12-10(2)14-15(13(12)16)11-7-5-4-6-8-11/h4-9H,3H2,1-2H3. The Morgan fingerprint density at radius 2 is 2.06 bits per heavy atom. The van der Waals surface area contributed by atoms with Crippen LogP contribution in [0.3, 0.4) is 0 Å². The number of hydrogen-bond acceptors (Lipinski definition) is 3. The Morgan fingerprint density at radius 1 is 1.35 bits per heavy atom. The van der Waals surface area contributed by atoms with Crippen LogP contribution in [0.4, 0.5) is 5.69 Å². The number of carbonyl (C=O) groups is 1. The van der Waals surface area contributed by atoms with Crippen LogP contribution in [0.2, 0.25) is 0 Å². The van der Waals surface area contributed by atoms with Gasteiger partial charge < -0.3 is 4.74 Å². The van der Waals surface area contributed by atoms with Gasteiger partial charge in [-0.25, -0.2) is 0 Å². The number of benzene rings is 1. The van der Waals surface area contributed by atoms with Gasteiger partial charge in [-0.3, -0.25) is 4.79 Å². The van der Waals surface area contributed by atoms with E-state index in [1.165, 1.54) is 11.3 Å². The maximum Gasteiger partial charge on any atom is 0.283 e. The Hall–Kier alpha value is -2.10. The highest BCUT2D eigenvalue weighted by Gasteiger charge is 2.28. The lowest BCUT2D eigenvalue weighted by atomic mass is 10.2. The van der Waals surface area contributed by atoms with Gasteiger partial charge >= 0.3 is 0 Å². The Morgan fingerprint density at radius 3 is 2.71 bits per heavy atom. The van der Waals surface area contributed by atoms with Crippen LogP contribution in [0.25, 0.3) is 0 Å². The molecule has 2 rings (SSSR count). The number of para-hydroxylation sites is 1. The molecule has 0 fully saturated rings. The summed E-state index contributed by atoms with van der Waals surface area (Å²) in [5.74, 6) is -0.151. The third-order valence-corrected chi connectivity index (χ3v) is 2.43. The monoisotopic (exact) mass is 230 g/mol. The summed E-state index contributed by atoms with van der Waals surface area (Å²) in [5, 5.41) is 5.62. The quantitative estimate of drug-likeness (QED) is 0.590. The fourth-order valence-electron chi connectivity index (χ4n) is 1.56. The zero-order chi connectivity index (χ0) is 12.3. The van der Waals surface area contributed by atoms with E-state index in [1.807, 2.05) is 37.3 Å². The van der Waals surface area contributed by atoms with E-state index < -0.39 is 0 Å². The number of anilines is 1. The Kier molecular flexibility index (Phi) is 3.23. The molecule has 1 aromatic carbocycles. The molecular weight excluding hydrogens is 216 g/mol. The van der Waals surface area contributed by atoms with Gasteiger partial charge in [0.05, 0.1) is 29.8 Å². The Bertz CT molecular complexity index is 477. The van der Waals surface area contributed by atoms with E-state index >= 15 is 0 Å². The zero-order valence-electron chi connectivity index (χ0n) is 9.88. The van der Waals surface area contributed by atoms with Crippen molar-refractivity contribution in [3.8, 4) is 0 Å². The molecule has 1 aromatic rings. The molecule has 0 N–H and O–H groups in total. The minimum atomic E-state index is -0.151. The number of carbonyl (C=O) groups excluding carboxylic acids is 1. The molecule has 0 atom stereocenters. The van der Waals surface area contributed by atoms with Crippen LogP contribution in [0.5, 0.6) is 0 Å². The highest BCUT2D eigenvalue weighted by Crippen LogP contribution is 2.22. The molecule has 4 heteroatoms. The minimum absolute atomic E-state index is 0.151. The molecule has 17 heavy (non-hydrogen) atoms. The van der Waals surface area contributed by atoms with Gasteiger partial charge in [0.2, 0.25) is 0 Å². The second-order valence-electron chi connectivity index (χ2n) is 3.62. The molecule has 0 saturated carbocycles. The van der Waals surface area contributed by atoms with Crippen LogP contribution in [-0.2, 0) is 9.53 Å². The van der Waals surface area contributed by atoms with Crippen LogP contribution in [0.1, 0.15) is 13.8 Å². The van der Waals surface area contributed by atoms with Gasteiger partial charge in [0.1, 0.15) is 0 Å². The van der Waals surface area contributed by atoms with Gasteiger partial charge in [0, 0.05) is 0 Å². The van der Waals surface area contributed by atoms with E-state index in [0.717, 1.165) is 5.69 Å². The van der Waals surface area contributed by atoms with Crippen LogP contribution < -0.4 is 5.01 Å². The number of hydrogen-bond donors (Lipinski definition) is 0. The SMILES string of the molecule is CCOC=C1C(=O)N(c2ccccc2)N=C1C. The molecule has 0 unspecified atom stereocenters. The summed E-state index contributed by atoms with van der Waals surface area (Å²) in [5.41, 5.74) is 1.94. The summed E-state index contributed by atoms with van der Waals surface area (Å²) >= 11 is 0. The largest absolute Gasteiger partial charge is 0.501 e. The van der Waals surface area contributed by atoms with E-state index in [1.54, 1.807) is 6.92 Å². The lowest BCUT2D eigenvalue weighted by Crippen LogP contribution is -2.21. The van der Waals surface area contributed by atoms with Gasteiger partial charge in [-0.1, -0.05) is 18.2 Å². The third-order valence-electron chi connectivity index (χ3n) is 2.43. The maximum atomic E-state index is 12.1. The molecule has 1 amide bonds. The molecule has 1 heterocycles. The minimum Gasteiger partial charge on any atom is -0.501 e. The molecule has 1 aliphatic heterocycles. The first-order chi connectivity index (χ1) is 8.24. The second-order valence-corrected chi connectivity index (χ2v) is 3.62. The Labute approximate surface area is 100 Å². The number of rotatable bonds is 3. The number of nitrogens with zero attached hydrogens (tertiary/aromatic N) is 2. The summed E-state index contributed by atoms with van der Waals surface area (Å²) in [6, 6.07) is 9.34. The average Bonchev–Trinajstić information content (AvgIpc) is 2.64. The van der Waals surface area contributed by atoms with Crippen molar-refractivity contribution in [2.24, 2.45) is 5.10 Å². The summed E-state index contributed by atoms with van der Waals surface area (Å²) in [7, 11) is 0. The lowest BCUT2D eigenvalue weighted by Gasteiger charge is -2.10. The smallest absolute Gasteiger partial charge is 0.283 e. The molecule has 0 radical (unpaired) electrons. The molecule has 88 valence electrons. The summed E-state index contributed by atoms with van der Waals surface area (Å²) in [4.78, 5) is 12.1. The predicted molar refractivity (Wildman–Crippen MR) is 66.7 cm³/mol. The van der Waals surface area contributed by atoms with Gasteiger partial charge in [-0.2, -0.15) is 10.1 Å². The maximum absolute atomic E-state index is 12.1. The molecule has 0 spiro atoms. The first-order valence-corrected chi connectivity index (χ1v) is 5.51. The molecule has 0 aliphatic carbocycles. The van der Waals surface area contributed by atoms with E-state index in [-0.39, 0.29) is 5.91 Å². The van der Waals surface area contributed by atoms with Crippen molar-refractivity contribution in [3.05, 3.63) is 42.2 Å². The fraction of sp³-hybridized carbons (Fsp3) is 0.231. The highest BCUT2D eigenvalue weighted by molar-refractivity contribution is 6.29. The third kappa shape index (κ3) is 2.20. The second kappa shape index (κ2) is 4.82. The lowest BCUT2D eigenvalue weighted by molar-refractivity contribution is -0.114. The molecular formula is C13H14N2O2. The van der Waals surface area contributed by atoms with Gasteiger partial charge in [-0.05, 0) is 26.0 Å². The van der Waals surface area contributed by atoms with E-state index in [9.17, 15) is 4.79 Å². The van der Waals surface area contributed by atoms with Crippen LogP contribution in [0.15, 0.2) is 47.3 Å². The van der Waals surface area contributed by atoms with Gasteiger partial charge in [0.15, 0.2) is 0 Å². The first-order valence-electron chi connectivity index (χ1n) is 5.51.